The van der Waals surface area contributed by atoms with Crippen molar-refractivity contribution in [3.63, 3.8) is 0 Å². The Bertz CT molecular complexity index is 4400. The molecule has 109 heavy (non-hydrogen) atoms. The molecule has 0 saturated carbocycles. The molecule has 7 aromatic rings. The number of fused-ring (bicyclic) bond motifs is 1. The first-order valence-corrected chi connectivity index (χ1v) is 35.7. The molecule has 2 aromatic heterocycles. The number of imidazole rings is 1. The van der Waals surface area contributed by atoms with Gasteiger partial charge in [0, 0.05) is 72.1 Å². The lowest BCUT2D eigenvalue weighted by Gasteiger charge is -2.28. The van der Waals surface area contributed by atoms with Crippen LogP contribution in [0.15, 0.2) is 146 Å². The van der Waals surface area contributed by atoms with E-state index in [1.165, 1.54) is 68.0 Å². The molecule has 0 bridgehead atoms. The lowest BCUT2D eigenvalue weighted by molar-refractivity contribution is -0.136. The van der Waals surface area contributed by atoms with E-state index in [0.29, 0.717) is 38.7 Å². The number of phenols is 2. The molecule has 5 aromatic carbocycles. The number of guanidine groups is 1. The first kappa shape index (κ1) is 82.2. The maximum Gasteiger partial charge on any atom is 0.245 e. The summed E-state index contributed by atoms with van der Waals surface area (Å²) in [5, 5.41) is 59.1. The van der Waals surface area contributed by atoms with E-state index < -0.39 is 175 Å². The van der Waals surface area contributed by atoms with Crippen LogP contribution in [0.4, 0.5) is 0 Å². The van der Waals surface area contributed by atoms with E-state index in [1.807, 2.05) is 0 Å². The maximum atomic E-state index is 15.2. The Labute approximate surface area is 637 Å². The number of para-hydroxylation sites is 1. The smallest absolute Gasteiger partial charge is 0.245 e. The molecule has 35 nitrogen and oxygen atoms in total. The van der Waals surface area contributed by atoms with Crippen LogP contribution in [0, 0.1) is 8.98 Å². The minimum atomic E-state index is -1.96. The van der Waals surface area contributed by atoms with Crippen LogP contribution in [0.5, 0.6) is 11.5 Å². The molecular weight excluding hydrogens is 1520 g/mol. The number of nitrogens with two attached hydrogens (primary N) is 4. The predicted molar refractivity (Wildman–Crippen MR) is 404 cm³/mol. The van der Waals surface area contributed by atoms with Crippen molar-refractivity contribution in [2.75, 3.05) is 13.1 Å². The Morgan fingerprint density at radius 3 is 1.72 bits per heavy atom. The van der Waals surface area contributed by atoms with E-state index in [2.05, 4.69) is 101 Å². The second-order valence-corrected chi connectivity index (χ2v) is 27.3. The number of nitrogens with one attached hydrogen (secondary N) is 15. The number of aromatic nitrogens is 3. The lowest BCUT2D eigenvalue weighted by atomic mass is 10.0. The second kappa shape index (κ2) is 39.8. The van der Waals surface area contributed by atoms with Crippen LogP contribution < -0.4 is 86.7 Å². The number of halogens is 1. The summed E-state index contributed by atoms with van der Waals surface area (Å²) in [5.74, 6) is -14.7. The molecule has 1 unspecified atom stereocenters. The van der Waals surface area contributed by atoms with E-state index in [-0.39, 0.29) is 68.7 Å². The van der Waals surface area contributed by atoms with E-state index in [4.69, 9.17) is 28.3 Å². The van der Waals surface area contributed by atoms with Crippen molar-refractivity contribution in [1.82, 2.24) is 78.8 Å². The summed E-state index contributed by atoms with van der Waals surface area (Å²) in [5.41, 5.74) is 26.6. The number of benzene rings is 5. The predicted octanol–water partition coefficient (Wildman–Crippen LogP) is -3.00. The molecule has 8 rings (SSSR count). The molecule has 1 aliphatic rings. The van der Waals surface area contributed by atoms with Crippen molar-refractivity contribution in [2.24, 2.45) is 22.9 Å². The summed E-state index contributed by atoms with van der Waals surface area (Å²) in [7, 11) is 0. The normalized spacial score (nSPS) is 21.0. The summed E-state index contributed by atoms with van der Waals surface area (Å²) in [6.45, 7) is 0.269. The topological polar surface area (TPSA) is 579 Å². The molecule has 3 heterocycles. The largest absolute Gasteiger partial charge is 0.508 e. The van der Waals surface area contributed by atoms with Crippen LogP contribution in [-0.4, -0.2) is 187 Å². The highest BCUT2D eigenvalue weighted by molar-refractivity contribution is 14.1. The average Bonchev–Trinajstić information content (AvgIpc) is 1.36. The summed E-state index contributed by atoms with van der Waals surface area (Å²) in [6, 6.07) is 14.5. The van der Waals surface area contributed by atoms with Gasteiger partial charge in [-0.25, -0.2) is 4.98 Å². The molecule has 0 radical (unpaired) electrons. The molecule has 1 aliphatic heterocycles. The second-order valence-electron chi connectivity index (χ2n) is 26.0. The monoisotopic (exact) mass is 1610 g/mol. The number of rotatable bonds is 23. The van der Waals surface area contributed by atoms with Crippen molar-refractivity contribution in [2.45, 2.75) is 138 Å². The Hall–Kier alpha value is -12.5. The molecule has 0 aliphatic carbocycles. The summed E-state index contributed by atoms with van der Waals surface area (Å²) >= 11 is 2.07. The highest BCUT2D eigenvalue weighted by Gasteiger charge is 2.38. The lowest BCUT2D eigenvalue weighted by Crippen LogP contribution is -2.62. The number of hydrogen-bond donors (Lipinski definition) is 21. The van der Waals surface area contributed by atoms with Gasteiger partial charge in [0.15, 0.2) is 5.96 Å². The fraction of sp³-hybridized carbons (Fsp3) is 0.329. The fourth-order valence-electron chi connectivity index (χ4n) is 11.7. The molecule has 1 fully saturated rings. The molecule has 36 heteroatoms. The highest BCUT2D eigenvalue weighted by Crippen LogP contribution is 2.21. The van der Waals surface area contributed by atoms with Gasteiger partial charge in [-0.2, -0.15) is 0 Å². The van der Waals surface area contributed by atoms with Crippen LogP contribution in [0.2, 0.25) is 0 Å². The Kier molecular flexibility index (Phi) is 30.0. The van der Waals surface area contributed by atoms with Crippen LogP contribution in [0.3, 0.4) is 0 Å². The van der Waals surface area contributed by atoms with Gasteiger partial charge in [-0.3, -0.25) is 67.7 Å². The average molecular weight is 1610 g/mol. The SMILES string of the molecule is C[C@@H]1NC(=O)[C@H](CC(N)=O)NC(=O)[C@H](Cc2c[nH]c3ccccc23)NC(=O)[C@H](CCCNC(=N)N)NC(=O)[C@@H](Cc2ccc(I)cc2)NC(=O)[C@H](Cc2c[nH]cn2)NC(=O)C[C@@H](NC(=O)[C@@H](N)Cc2ccc(O)cc2)C(=O)NCC(C(=O)N[C@@H](Cc2ccc(O)cc2)C(N)=O)NC(=O)[C@H](Cc2ccccc2)NC1=O. The van der Waals surface area contributed by atoms with Gasteiger partial charge in [-0.15, -0.1) is 0 Å². The first-order chi connectivity index (χ1) is 52.0. The number of primary amides is 2. The Balaban J connectivity index is 1.23. The number of hydrogen-bond acceptors (Lipinski definition) is 18. The van der Waals surface area contributed by atoms with Gasteiger partial charge in [0.2, 0.25) is 76.8 Å². The van der Waals surface area contributed by atoms with Crippen molar-refractivity contribution in [3.05, 3.63) is 183 Å². The van der Waals surface area contributed by atoms with Crippen molar-refractivity contribution >= 4 is 116 Å². The van der Waals surface area contributed by atoms with Gasteiger partial charge in [0.05, 0.1) is 30.9 Å². The summed E-state index contributed by atoms with van der Waals surface area (Å²) in [6.07, 6.45) is 0.467. The van der Waals surface area contributed by atoms with Crippen molar-refractivity contribution < 1.29 is 72.5 Å². The zero-order valence-corrected chi connectivity index (χ0v) is 61.2. The van der Waals surface area contributed by atoms with Gasteiger partial charge in [0.1, 0.15) is 71.9 Å². The number of H-pyrrole nitrogens is 2. The molecule has 11 atom stereocenters. The van der Waals surface area contributed by atoms with E-state index in [0.717, 1.165) is 3.57 Å². The number of nitrogens with zero attached hydrogens (tertiary/aromatic N) is 1. The van der Waals surface area contributed by atoms with Gasteiger partial charge < -0.3 is 107 Å². The van der Waals surface area contributed by atoms with E-state index >= 15 is 19.2 Å². The van der Waals surface area contributed by atoms with E-state index in [1.54, 1.807) is 85.1 Å². The third-order valence-corrected chi connectivity index (χ3v) is 18.3. The molecule has 13 amide bonds. The zero-order valence-electron chi connectivity index (χ0n) is 59.0. The van der Waals surface area contributed by atoms with Gasteiger partial charge >= 0.3 is 0 Å². The summed E-state index contributed by atoms with van der Waals surface area (Å²) in [4.78, 5) is 199. The van der Waals surface area contributed by atoms with Gasteiger partial charge in [0.25, 0.3) is 0 Å². The molecular formula is C73H87IN20O15. The van der Waals surface area contributed by atoms with Crippen molar-refractivity contribution in [1.29, 1.82) is 5.41 Å². The number of aromatic hydroxyl groups is 2. The Morgan fingerprint density at radius 1 is 0.587 bits per heavy atom. The van der Waals surface area contributed by atoms with Gasteiger partial charge in [-0.05, 0) is 119 Å². The maximum absolute atomic E-state index is 15.2. The van der Waals surface area contributed by atoms with Gasteiger partial charge in [-0.1, -0.05) is 84.9 Å². The van der Waals surface area contributed by atoms with Crippen LogP contribution in [-0.2, 0) is 101 Å². The number of carbonyl (C=O) groups excluding carboxylic acids is 13. The zero-order chi connectivity index (χ0) is 78.8. The third kappa shape index (κ3) is 25.6. The van der Waals surface area contributed by atoms with Crippen LogP contribution in [0.1, 0.15) is 66.1 Å². The first-order valence-electron chi connectivity index (χ1n) is 34.6. The quantitative estimate of drug-likeness (QED) is 0.0131. The minimum absolute atomic E-state index is 0.00796. The van der Waals surface area contributed by atoms with Crippen LogP contribution >= 0.6 is 22.6 Å². The highest BCUT2D eigenvalue weighted by atomic mass is 127. The third-order valence-electron chi connectivity index (χ3n) is 17.6. The summed E-state index contributed by atoms with van der Waals surface area (Å²) < 4.78 is 0.798. The molecule has 576 valence electrons. The van der Waals surface area contributed by atoms with Crippen molar-refractivity contribution in [3.8, 4) is 11.5 Å². The van der Waals surface area contributed by atoms with E-state index in [9.17, 15) is 53.4 Å². The molecule has 0 spiro atoms. The Morgan fingerprint density at radius 2 is 1.12 bits per heavy atom. The number of carbonyl (C=O) groups is 13. The molecule has 1 saturated heterocycles. The standard InChI is InChI=1S/C73H87IN20O15/c1-38-63(100)89-53(28-39-8-3-2-4-9-39)69(106)94-59(72(109)88-52(62(77)99)27-42-17-23-47(96)24-18-42)36-83-65(102)58(90-64(101)49(75)26-40-15-21-46(95)22-16-40)33-61(98)86-56(31-45-35-80-37-84-45)71(108)91-54(29-41-13-19-44(74)20-14-41)68(105)87-51(12-7-25-81-73(78)79)66(103)92-55(30-43-34-82-50-11-6-5-10-48(43)50)70(107)93-57(32-60(76)97)67(104)85-38/h2-6,8-11,13-24,34-35,37-38,49,51-59,82,95-96H,7,12,25-33,36,75H2,1H3,(H2,76,97)(H2,77,99)(H,80,84)(H,83,102)(H,85,104)(H,86,98)(H,87,105)(H,88,109)(H,89,100)(H,90,101)(H,91,108)(H,92,103)(H,93,107)(H,94,106)(H4,78,79,81)/t38-,49-,51-,52-,53-,54+,55-,56-,57-,58+,59?/m0/s1. The number of amides is 13. The number of aromatic amines is 2. The minimum Gasteiger partial charge on any atom is -0.508 e. The molecule has 25 N–H and O–H groups in total. The number of phenolic OH excluding ortho intramolecular Hbond substituents is 2. The fourth-order valence-corrected chi connectivity index (χ4v) is 12.1. The van der Waals surface area contributed by atoms with Crippen LogP contribution in [0.25, 0.3) is 10.9 Å².